The highest BCUT2D eigenvalue weighted by molar-refractivity contribution is 5.87. The van der Waals surface area contributed by atoms with Crippen LogP contribution in [0.15, 0.2) is 24.3 Å². The topological polar surface area (TPSA) is 92.9 Å². The van der Waals surface area contributed by atoms with Crippen molar-refractivity contribution in [2.45, 2.75) is 0 Å². The van der Waals surface area contributed by atoms with Crippen molar-refractivity contribution in [3.8, 4) is 0 Å². The van der Waals surface area contributed by atoms with E-state index in [0.717, 1.165) is 11.8 Å². The van der Waals surface area contributed by atoms with Gasteiger partial charge < -0.3 is 14.7 Å². The van der Waals surface area contributed by atoms with Crippen molar-refractivity contribution in [1.29, 1.82) is 0 Å². The summed E-state index contributed by atoms with van der Waals surface area (Å²) in [5, 5.41) is 19.5. The van der Waals surface area contributed by atoms with Crippen LogP contribution in [0.25, 0.3) is 6.08 Å². The average molecular weight is 278 g/mol. The lowest BCUT2D eigenvalue weighted by Crippen LogP contribution is -2.36. The first-order chi connectivity index (χ1) is 9.58. The number of morpholine rings is 1. The molecule has 0 aliphatic carbocycles. The molecule has 0 aromatic heterocycles. The van der Waals surface area contributed by atoms with Crippen molar-refractivity contribution in [3.05, 3.63) is 40.0 Å². The lowest BCUT2D eigenvalue weighted by molar-refractivity contribution is -0.384. The first kappa shape index (κ1) is 14.0. The van der Waals surface area contributed by atoms with Gasteiger partial charge in [-0.2, -0.15) is 0 Å². The highest BCUT2D eigenvalue weighted by Gasteiger charge is 2.16. The van der Waals surface area contributed by atoms with Crippen LogP contribution in [0.3, 0.4) is 0 Å². The van der Waals surface area contributed by atoms with Gasteiger partial charge >= 0.3 is 5.97 Å². The molecule has 2 rings (SSSR count). The smallest absolute Gasteiger partial charge is 0.328 e. The number of ether oxygens (including phenoxy) is 1. The maximum Gasteiger partial charge on any atom is 0.328 e. The third kappa shape index (κ3) is 3.33. The van der Waals surface area contributed by atoms with Gasteiger partial charge in [-0.15, -0.1) is 0 Å². The zero-order chi connectivity index (χ0) is 14.5. The Kier molecular flexibility index (Phi) is 4.31. The van der Waals surface area contributed by atoms with E-state index in [4.69, 9.17) is 9.84 Å². The highest BCUT2D eigenvalue weighted by Crippen LogP contribution is 2.27. The molecule has 1 saturated heterocycles. The Labute approximate surface area is 115 Å². The van der Waals surface area contributed by atoms with Crippen molar-refractivity contribution in [2.75, 3.05) is 31.2 Å². The molecule has 7 heteroatoms. The Morgan fingerprint density at radius 1 is 1.40 bits per heavy atom. The van der Waals surface area contributed by atoms with Crippen LogP contribution in [0.2, 0.25) is 0 Å². The van der Waals surface area contributed by atoms with Crippen molar-refractivity contribution in [1.82, 2.24) is 0 Å². The number of nitro benzene ring substituents is 1. The predicted molar refractivity (Wildman–Crippen MR) is 72.8 cm³/mol. The van der Waals surface area contributed by atoms with Crippen molar-refractivity contribution in [3.63, 3.8) is 0 Å². The van der Waals surface area contributed by atoms with E-state index >= 15 is 0 Å². The SMILES string of the molecule is O=C(O)/C=C/c1cc([N+](=O)[O-])ccc1N1CCOCC1. The predicted octanol–water partition coefficient (Wildman–Crippen LogP) is 1.53. The normalized spacial score (nSPS) is 15.5. The van der Waals surface area contributed by atoms with Gasteiger partial charge in [0.25, 0.3) is 5.69 Å². The number of nitrogens with zero attached hydrogens (tertiary/aromatic N) is 2. The van der Waals surface area contributed by atoms with Crippen LogP contribution in [0.1, 0.15) is 5.56 Å². The van der Waals surface area contributed by atoms with E-state index in [-0.39, 0.29) is 5.69 Å². The van der Waals surface area contributed by atoms with Gasteiger partial charge in [0.05, 0.1) is 18.1 Å². The molecule has 1 fully saturated rings. The van der Waals surface area contributed by atoms with Gasteiger partial charge in [0.2, 0.25) is 0 Å². The van der Waals surface area contributed by atoms with Crippen LogP contribution in [0.4, 0.5) is 11.4 Å². The summed E-state index contributed by atoms with van der Waals surface area (Å²) in [6, 6.07) is 4.44. The zero-order valence-electron chi connectivity index (χ0n) is 10.7. The summed E-state index contributed by atoms with van der Waals surface area (Å²) in [4.78, 5) is 23.0. The van der Waals surface area contributed by atoms with Crippen LogP contribution >= 0.6 is 0 Å². The minimum Gasteiger partial charge on any atom is -0.478 e. The number of carboxylic acids is 1. The fourth-order valence-electron chi connectivity index (χ4n) is 2.04. The third-order valence-electron chi connectivity index (χ3n) is 2.98. The van der Waals surface area contributed by atoms with E-state index < -0.39 is 10.9 Å². The number of aliphatic carboxylic acids is 1. The maximum atomic E-state index is 10.8. The average Bonchev–Trinajstić information content (AvgIpc) is 2.45. The van der Waals surface area contributed by atoms with Gasteiger partial charge in [-0.25, -0.2) is 4.79 Å². The summed E-state index contributed by atoms with van der Waals surface area (Å²) in [5.41, 5.74) is 1.23. The Morgan fingerprint density at radius 2 is 2.10 bits per heavy atom. The second-order valence-corrected chi connectivity index (χ2v) is 4.27. The van der Waals surface area contributed by atoms with E-state index in [1.807, 2.05) is 4.90 Å². The maximum absolute atomic E-state index is 10.8. The molecular formula is C13H14N2O5. The first-order valence-corrected chi connectivity index (χ1v) is 6.10. The number of hydrogen-bond acceptors (Lipinski definition) is 5. The summed E-state index contributed by atoms with van der Waals surface area (Å²) in [5.74, 6) is -1.09. The Hall–Kier alpha value is -2.41. The minimum absolute atomic E-state index is 0.0629. The number of non-ortho nitro benzene ring substituents is 1. The molecule has 1 aromatic carbocycles. The molecule has 106 valence electrons. The molecule has 0 saturated carbocycles. The monoisotopic (exact) mass is 278 g/mol. The lowest BCUT2D eigenvalue weighted by Gasteiger charge is -2.30. The molecule has 0 atom stereocenters. The molecular weight excluding hydrogens is 264 g/mol. The second kappa shape index (κ2) is 6.16. The fraction of sp³-hybridized carbons (Fsp3) is 0.308. The van der Waals surface area contributed by atoms with Crippen LogP contribution in [0.5, 0.6) is 0 Å². The lowest BCUT2D eigenvalue weighted by atomic mass is 10.1. The molecule has 0 amide bonds. The molecule has 1 aliphatic heterocycles. The summed E-state index contributed by atoms with van der Waals surface area (Å²) in [7, 11) is 0. The molecule has 1 heterocycles. The fourth-order valence-corrected chi connectivity index (χ4v) is 2.04. The van der Waals surface area contributed by atoms with Gasteiger partial charge in [0, 0.05) is 42.5 Å². The highest BCUT2D eigenvalue weighted by atomic mass is 16.6. The largest absolute Gasteiger partial charge is 0.478 e. The number of nitro groups is 1. The summed E-state index contributed by atoms with van der Waals surface area (Å²) in [6.07, 6.45) is 2.35. The van der Waals surface area contributed by atoms with Crippen molar-refractivity contribution >= 4 is 23.4 Å². The second-order valence-electron chi connectivity index (χ2n) is 4.27. The molecule has 20 heavy (non-hydrogen) atoms. The van der Waals surface area contributed by atoms with Gasteiger partial charge in [0.15, 0.2) is 0 Å². The number of carbonyl (C=O) groups is 1. The zero-order valence-corrected chi connectivity index (χ0v) is 10.7. The van der Waals surface area contributed by atoms with Crippen LogP contribution in [-0.2, 0) is 9.53 Å². The standard InChI is InChI=1S/C13H14N2O5/c16-13(17)4-1-10-9-11(15(18)19)2-3-12(10)14-5-7-20-8-6-14/h1-4,9H,5-8H2,(H,16,17)/b4-1+. The molecule has 0 spiro atoms. The molecule has 7 nitrogen and oxygen atoms in total. The first-order valence-electron chi connectivity index (χ1n) is 6.10. The van der Waals surface area contributed by atoms with Crippen LogP contribution < -0.4 is 4.90 Å². The van der Waals surface area contributed by atoms with Gasteiger partial charge in [-0.1, -0.05) is 0 Å². The molecule has 1 aromatic rings. The molecule has 0 bridgehead atoms. The molecule has 0 radical (unpaired) electrons. The molecule has 1 N–H and O–H groups in total. The number of rotatable bonds is 4. The Bertz CT molecular complexity index is 550. The van der Waals surface area contributed by atoms with E-state index in [9.17, 15) is 14.9 Å². The van der Waals surface area contributed by atoms with E-state index in [1.54, 1.807) is 6.07 Å². The minimum atomic E-state index is -1.09. The summed E-state index contributed by atoms with van der Waals surface area (Å²) in [6.45, 7) is 2.51. The van der Waals surface area contributed by atoms with Crippen LogP contribution in [-0.4, -0.2) is 42.3 Å². The van der Waals surface area contributed by atoms with Gasteiger partial charge in [-0.05, 0) is 12.1 Å². The number of anilines is 1. The van der Waals surface area contributed by atoms with E-state index in [1.165, 1.54) is 18.2 Å². The van der Waals surface area contributed by atoms with Crippen molar-refractivity contribution < 1.29 is 19.6 Å². The van der Waals surface area contributed by atoms with Gasteiger partial charge in [0.1, 0.15) is 0 Å². The van der Waals surface area contributed by atoms with Gasteiger partial charge in [-0.3, -0.25) is 10.1 Å². The van der Waals surface area contributed by atoms with Crippen LogP contribution in [0, 0.1) is 10.1 Å². The molecule has 0 unspecified atom stereocenters. The quantitative estimate of drug-likeness (QED) is 0.510. The van der Waals surface area contributed by atoms with E-state index in [0.29, 0.717) is 31.9 Å². The summed E-state index contributed by atoms with van der Waals surface area (Å²) < 4.78 is 5.26. The summed E-state index contributed by atoms with van der Waals surface area (Å²) >= 11 is 0. The number of carboxylic acid groups (broad SMARTS) is 1. The number of benzene rings is 1. The number of hydrogen-bond donors (Lipinski definition) is 1. The van der Waals surface area contributed by atoms with Crippen molar-refractivity contribution in [2.24, 2.45) is 0 Å². The van der Waals surface area contributed by atoms with E-state index in [2.05, 4.69) is 0 Å². The Morgan fingerprint density at radius 3 is 2.70 bits per heavy atom. The third-order valence-corrected chi connectivity index (χ3v) is 2.98. The molecule has 1 aliphatic rings. The Balaban J connectivity index is 2.38.